The predicted octanol–water partition coefficient (Wildman–Crippen LogP) is 1.88. The van der Waals surface area contributed by atoms with Crippen LogP contribution in [0.3, 0.4) is 0 Å². The third-order valence-electron chi connectivity index (χ3n) is 2.37. The summed E-state index contributed by atoms with van der Waals surface area (Å²) in [7, 11) is 0. The Morgan fingerprint density at radius 3 is 2.41 bits per heavy atom. The van der Waals surface area contributed by atoms with Crippen LogP contribution in [0.5, 0.6) is 5.88 Å². The first-order chi connectivity index (χ1) is 7.85. The maximum absolute atomic E-state index is 11.9. The van der Waals surface area contributed by atoms with Crippen molar-refractivity contribution in [1.29, 1.82) is 0 Å². The maximum atomic E-state index is 11.9. The van der Waals surface area contributed by atoms with E-state index in [2.05, 4.69) is 10.2 Å². The third kappa shape index (κ3) is 3.85. The minimum absolute atomic E-state index is 0.0832. The molecule has 0 unspecified atom stereocenters. The van der Waals surface area contributed by atoms with Gasteiger partial charge in [-0.15, -0.1) is 5.10 Å². The Kier molecular flexibility index (Phi) is 4.28. The van der Waals surface area contributed by atoms with Gasteiger partial charge in [-0.05, 0) is 19.4 Å². The zero-order valence-electron chi connectivity index (χ0n) is 9.64. The van der Waals surface area contributed by atoms with Crippen molar-refractivity contribution in [3.05, 3.63) is 16.8 Å². The van der Waals surface area contributed by atoms with Crippen molar-refractivity contribution in [2.24, 2.45) is 5.73 Å². The molecule has 0 saturated heterocycles. The van der Waals surface area contributed by atoms with Gasteiger partial charge in [0.25, 0.3) is 0 Å². The van der Waals surface area contributed by atoms with Crippen molar-refractivity contribution >= 4 is 0 Å². The van der Waals surface area contributed by atoms with Crippen LogP contribution in [0.2, 0.25) is 0 Å². The molecular weight excluding hydrogens is 235 g/mol. The van der Waals surface area contributed by atoms with E-state index in [1.54, 1.807) is 13.8 Å². The fourth-order valence-corrected chi connectivity index (χ4v) is 1.25. The van der Waals surface area contributed by atoms with Crippen LogP contribution in [0.25, 0.3) is 0 Å². The number of hydrogen-bond donors (Lipinski definition) is 1. The lowest BCUT2D eigenvalue weighted by Crippen LogP contribution is -2.15. The van der Waals surface area contributed by atoms with E-state index in [1.165, 1.54) is 0 Å². The standard InChI is InChI=1S/C10H14F3N3O/c1-6-7(2)15-16-9(8(6)5-14)17-4-3-10(11,12)13/h3-5,14H2,1-2H3. The monoisotopic (exact) mass is 249 g/mol. The predicted molar refractivity (Wildman–Crippen MR) is 55.6 cm³/mol. The molecule has 1 rings (SSSR count). The van der Waals surface area contributed by atoms with Gasteiger partial charge in [0.1, 0.15) is 0 Å². The molecule has 0 spiro atoms. The molecule has 0 amide bonds. The third-order valence-corrected chi connectivity index (χ3v) is 2.37. The average Bonchev–Trinajstić information content (AvgIpc) is 2.22. The zero-order chi connectivity index (χ0) is 13.1. The van der Waals surface area contributed by atoms with Gasteiger partial charge >= 0.3 is 6.18 Å². The Labute approximate surface area is 97.0 Å². The van der Waals surface area contributed by atoms with E-state index in [-0.39, 0.29) is 12.4 Å². The summed E-state index contributed by atoms with van der Waals surface area (Å²) < 4.78 is 40.8. The highest BCUT2D eigenvalue weighted by atomic mass is 19.4. The fourth-order valence-electron chi connectivity index (χ4n) is 1.25. The van der Waals surface area contributed by atoms with E-state index < -0.39 is 19.2 Å². The molecule has 0 fully saturated rings. The normalized spacial score (nSPS) is 11.6. The van der Waals surface area contributed by atoms with Crippen LogP contribution in [0.1, 0.15) is 23.2 Å². The quantitative estimate of drug-likeness (QED) is 0.885. The molecular formula is C10H14F3N3O. The Bertz CT molecular complexity index is 393. The van der Waals surface area contributed by atoms with Gasteiger partial charge < -0.3 is 10.5 Å². The summed E-state index contributed by atoms with van der Waals surface area (Å²) in [6.07, 6.45) is -5.26. The second-order valence-electron chi connectivity index (χ2n) is 3.61. The highest BCUT2D eigenvalue weighted by Gasteiger charge is 2.27. The number of nitrogens with zero attached hydrogens (tertiary/aromatic N) is 2. The number of aryl methyl sites for hydroxylation is 1. The minimum atomic E-state index is -4.24. The highest BCUT2D eigenvalue weighted by Crippen LogP contribution is 2.22. The van der Waals surface area contributed by atoms with Crippen LogP contribution in [0.15, 0.2) is 0 Å². The molecule has 1 aromatic rings. The SMILES string of the molecule is Cc1nnc(OCCC(F)(F)F)c(CN)c1C. The average molecular weight is 249 g/mol. The Hall–Kier alpha value is -1.37. The van der Waals surface area contributed by atoms with Crippen LogP contribution >= 0.6 is 0 Å². The summed E-state index contributed by atoms with van der Waals surface area (Å²) in [5.41, 5.74) is 7.59. The van der Waals surface area contributed by atoms with E-state index >= 15 is 0 Å². The van der Waals surface area contributed by atoms with Gasteiger partial charge in [0.15, 0.2) is 0 Å². The van der Waals surface area contributed by atoms with E-state index in [9.17, 15) is 13.2 Å². The maximum Gasteiger partial charge on any atom is 0.392 e. The smallest absolute Gasteiger partial charge is 0.392 e. The number of halogens is 3. The first-order valence-electron chi connectivity index (χ1n) is 5.07. The fraction of sp³-hybridized carbons (Fsp3) is 0.600. The van der Waals surface area contributed by atoms with E-state index in [0.717, 1.165) is 5.56 Å². The van der Waals surface area contributed by atoms with Crippen LogP contribution in [0.4, 0.5) is 13.2 Å². The summed E-state index contributed by atoms with van der Waals surface area (Å²) in [6, 6.07) is 0. The number of ether oxygens (including phenoxy) is 1. The number of nitrogens with two attached hydrogens (primary N) is 1. The second-order valence-corrected chi connectivity index (χ2v) is 3.61. The van der Waals surface area contributed by atoms with Gasteiger partial charge in [-0.25, -0.2) is 0 Å². The van der Waals surface area contributed by atoms with Gasteiger partial charge in [0, 0.05) is 12.1 Å². The summed E-state index contributed by atoms with van der Waals surface area (Å²) in [5.74, 6) is 0.0832. The summed E-state index contributed by atoms with van der Waals surface area (Å²) >= 11 is 0. The van der Waals surface area contributed by atoms with Crippen LogP contribution in [-0.2, 0) is 6.54 Å². The summed E-state index contributed by atoms with van der Waals surface area (Å²) in [6.45, 7) is 3.21. The number of rotatable bonds is 4. The Morgan fingerprint density at radius 2 is 1.88 bits per heavy atom. The lowest BCUT2D eigenvalue weighted by Gasteiger charge is -2.12. The van der Waals surface area contributed by atoms with Crippen molar-refractivity contribution in [1.82, 2.24) is 10.2 Å². The number of aromatic nitrogens is 2. The molecule has 0 bridgehead atoms. The molecule has 17 heavy (non-hydrogen) atoms. The van der Waals surface area contributed by atoms with Crippen LogP contribution in [0, 0.1) is 13.8 Å². The van der Waals surface area contributed by atoms with Crippen molar-refractivity contribution in [2.75, 3.05) is 6.61 Å². The van der Waals surface area contributed by atoms with Crippen LogP contribution in [-0.4, -0.2) is 23.0 Å². The van der Waals surface area contributed by atoms with Gasteiger partial charge in [0.2, 0.25) is 5.88 Å². The Balaban J connectivity index is 2.75. The van der Waals surface area contributed by atoms with Crippen LogP contribution < -0.4 is 10.5 Å². The molecule has 2 N–H and O–H groups in total. The molecule has 0 aliphatic rings. The minimum Gasteiger partial charge on any atom is -0.476 e. The molecule has 1 heterocycles. The lowest BCUT2D eigenvalue weighted by atomic mass is 10.1. The molecule has 1 aromatic heterocycles. The second kappa shape index (κ2) is 5.31. The molecule has 0 aromatic carbocycles. The van der Waals surface area contributed by atoms with Gasteiger partial charge in [-0.3, -0.25) is 0 Å². The lowest BCUT2D eigenvalue weighted by molar-refractivity contribution is -0.139. The van der Waals surface area contributed by atoms with E-state index in [1.807, 2.05) is 0 Å². The van der Waals surface area contributed by atoms with Gasteiger partial charge in [-0.1, -0.05) is 0 Å². The molecule has 0 radical (unpaired) electrons. The van der Waals surface area contributed by atoms with E-state index in [0.29, 0.717) is 11.3 Å². The molecule has 0 saturated carbocycles. The van der Waals surface area contributed by atoms with Gasteiger partial charge in [0.05, 0.1) is 18.7 Å². The summed E-state index contributed by atoms with van der Waals surface area (Å²) in [4.78, 5) is 0. The summed E-state index contributed by atoms with van der Waals surface area (Å²) in [5, 5.41) is 7.50. The number of hydrogen-bond acceptors (Lipinski definition) is 4. The number of alkyl halides is 3. The van der Waals surface area contributed by atoms with Crippen molar-refractivity contribution in [3.63, 3.8) is 0 Å². The molecule has 96 valence electrons. The largest absolute Gasteiger partial charge is 0.476 e. The van der Waals surface area contributed by atoms with Crippen molar-refractivity contribution in [3.8, 4) is 5.88 Å². The highest BCUT2D eigenvalue weighted by molar-refractivity contribution is 5.34. The first-order valence-corrected chi connectivity index (χ1v) is 5.07. The van der Waals surface area contributed by atoms with Crippen molar-refractivity contribution in [2.45, 2.75) is 33.0 Å². The topological polar surface area (TPSA) is 61.0 Å². The Morgan fingerprint density at radius 1 is 1.24 bits per heavy atom. The van der Waals surface area contributed by atoms with Crippen molar-refractivity contribution < 1.29 is 17.9 Å². The molecule has 7 heteroatoms. The molecule has 0 aliphatic carbocycles. The molecule has 4 nitrogen and oxygen atoms in total. The zero-order valence-corrected chi connectivity index (χ0v) is 9.64. The first kappa shape index (κ1) is 13.7. The van der Waals surface area contributed by atoms with E-state index in [4.69, 9.17) is 10.5 Å². The van der Waals surface area contributed by atoms with Gasteiger partial charge in [-0.2, -0.15) is 18.3 Å². The molecule has 0 atom stereocenters. The molecule has 0 aliphatic heterocycles.